The van der Waals surface area contributed by atoms with Crippen LogP contribution in [0.2, 0.25) is 5.02 Å². The molecule has 3 aromatic rings. The van der Waals surface area contributed by atoms with Crippen LogP contribution in [0.15, 0.2) is 48.7 Å². The highest BCUT2D eigenvalue weighted by atomic mass is 35.5. The Bertz CT molecular complexity index is 731. The van der Waals surface area contributed by atoms with Crippen molar-refractivity contribution in [2.24, 2.45) is 0 Å². The highest BCUT2D eigenvalue weighted by Gasteiger charge is 2.04. The third kappa shape index (κ3) is 2.72. The van der Waals surface area contributed by atoms with Crippen LogP contribution in [0.25, 0.3) is 10.9 Å². The second-order valence-electron chi connectivity index (χ2n) is 5.03. The van der Waals surface area contributed by atoms with Crippen LogP contribution in [0.5, 0.6) is 0 Å². The molecule has 0 fully saturated rings. The lowest BCUT2D eigenvalue weighted by molar-refractivity contribution is 0.693. The van der Waals surface area contributed by atoms with Crippen LogP contribution in [-0.2, 0) is 13.1 Å². The minimum Gasteiger partial charge on any atom is -0.361 e. The van der Waals surface area contributed by atoms with Crippen molar-refractivity contribution in [3.63, 3.8) is 0 Å². The van der Waals surface area contributed by atoms with E-state index in [9.17, 15) is 0 Å². The Morgan fingerprint density at radius 3 is 2.70 bits per heavy atom. The number of halogens is 1. The standard InChI is InChI=1S/C17H17ClN2/c1-12-4-2-3-5-13(12)9-19-10-14-11-20-17-8-15(18)6-7-16(14)17/h2-8,11,19-20H,9-10H2,1H3. The topological polar surface area (TPSA) is 27.8 Å². The number of hydrogen-bond donors (Lipinski definition) is 2. The second-order valence-corrected chi connectivity index (χ2v) is 5.47. The molecule has 0 unspecified atom stereocenters. The first-order valence-electron chi connectivity index (χ1n) is 6.75. The zero-order chi connectivity index (χ0) is 13.9. The molecule has 2 N–H and O–H groups in total. The van der Waals surface area contributed by atoms with E-state index in [-0.39, 0.29) is 0 Å². The van der Waals surface area contributed by atoms with E-state index >= 15 is 0 Å². The first-order chi connectivity index (χ1) is 9.74. The predicted octanol–water partition coefficient (Wildman–Crippen LogP) is 4.42. The Labute approximate surface area is 123 Å². The number of aryl methyl sites for hydroxylation is 1. The lowest BCUT2D eigenvalue weighted by atomic mass is 10.1. The van der Waals surface area contributed by atoms with Crippen LogP contribution < -0.4 is 5.32 Å². The van der Waals surface area contributed by atoms with Crippen molar-refractivity contribution in [2.75, 3.05) is 0 Å². The smallest absolute Gasteiger partial charge is 0.0472 e. The van der Waals surface area contributed by atoms with Gasteiger partial charge in [0.2, 0.25) is 0 Å². The molecule has 3 rings (SSSR count). The largest absolute Gasteiger partial charge is 0.361 e. The molecule has 1 aromatic heterocycles. The molecule has 1 heterocycles. The molecule has 102 valence electrons. The molecule has 0 bridgehead atoms. The van der Waals surface area contributed by atoms with E-state index in [0.29, 0.717) is 0 Å². The van der Waals surface area contributed by atoms with E-state index in [2.05, 4.69) is 47.6 Å². The summed E-state index contributed by atoms with van der Waals surface area (Å²) in [5.74, 6) is 0. The number of nitrogens with one attached hydrogen (secondary N) is 2. The Morgan fingerprint density at radius 2 is 1.85 bits per heavy atom. The normalized spacial score (nSPS) is 11.1. The van der Waals surface area contributed by atoms with Crippen molar-refractivity contribution < 1.29 is 0 Å². The Hall–Kier alpha value is -1.77. The Balaban J connectivity index is 1.70. The molecule has 0 radical (unpaired) electrons. The fourth-order valence-electron chi connectivity index (χ4n) is 2.45. The highest BCUT2D eigenvalue weighted by molar-refractivity contribution is 6.31. The van der Waals surface area contributed by atoms with E-state index in [1.165, 1.54) is 22.1 Å². The fourth-order valence-corrected chi connectivity index (χ4v) is 2.62. The summed E-state index contributed by atoms with van der Waals surface area (Å²) in [5, 5.41) is 5.49. The van der Waals surface area contributed by atoms with Gasteiger partial charge >= 0.3 is 0 Å². The molecule has 0 aliphatic rings. The van der Waals surface area contributed by atoms with Crippen LogP contribution in [0.4, 0.5) is 0 Å². The van der Waals surface area contributed by atoms with Gasteiger partial charge in [-0.2, -0.15) is 0 Å². The summed E-state index contributed by atoms with van der Waals surface area (Å²) in [6, 6.07) is 14.4. The molecule has 0 atom stereocenters. The van der Waals surface area contributed by atoms with Crippen molar-refractivity contribution >= 4 is 22.5 Å². The fraction of sp³-hybridized carbons (Fsp3) is 0.176. The third-order valence-electron chi connectivity index (χ3n) is 3.62. The maximum Gasteiger partial charge on any atom is 0.0472 e. The maximum absolute atomic E-state index is 5.99. The van der Waals surface area contributed by atoms with Gasteiger partial charge < -0.3 is 10.3 Å². The van der Waals surface area contributed by atoms with Crippen LogP contribution in [0.1, 0.15) is 16.7 Å². The van der Waals surface area contributed by atoms with Crippen molar-refractivity contribution in [1.82, 2.24) is 10.3 Å². The number of fused-ring (bicyclic) bond motifs is 1. The number of benzene rings is 2. The summed E-state index contributed by atoms with van der Waals surface area (Å²) in [6.07, 6.45) is 2.05. The minimum atomic E-state index is 0.763. The van der Waals surface area contributed by atoms with Crippen LogP contribution >= 0.6 is 11.6 Å². The van der Waals surface area contributed by atoms with E-state index in [4.69, 9.17) is 11.6 Å². The summed E-state index contributed by atoms with van der Waals surface area (Å²) in [5.41, 5.74) is 5.02. The van der Waals surface area contributed by atoms with E-state index in [1.807, 2.05) is 18.3 Å². The lowest BCUT2D eigenvalue weighted by Crippen LogP contribution is -2.13. The molecular formula is C17H17ClN2. The highest BCUT2D eigenvalue weighted by Crippen LogP contribution is 2.22. The SMILES string of the molecule is Cc1ccccc1CNCc1c[nH]c2cc(Cl)ccc12. The molecule has 0 aliphatic heterocycles. The van der Waals surface area contributed by atoms with Crippen molar-refractivity contribution in [3.8, 4) is 0 Å². The van der Waals surface area contributed by atoms with Gasteiger partial charge in [-0.15, -0.1) is 0 Å². The summed E-state index contributed by atoms with van der Waals surface area (Å²) in [7, 11) is 0. The Kier molecular flexibility index (Phi) is 3.77. The van der Waals surface area contributed by atoms with E-state index < -0.39 is 0 Å². The van der Waals surface area contributed by atoms with Crippen molar-refractivity contribution in [1.29, 1.82) is 0 Å². The average molecular weight is 285 g/mol. The zero-order valence-electron chi connectivity index (χ0n) is 11.4. The number of aromatic amines is 1. The minimum absolute atomic E-state index is 0.763. The van der Waals surface area contributed by atoms with Gasteiger partial charge in [0.15, 0.2) is 0 Å². The molecule has 0 saturated heterocycles. The third-order valence-corrected chi connectivity index (χ3v) is 3.86. The summed E-state index contributed by atoms with van der Waals surface area (Å²) in [6.45, 7) is 3.87. The quantitative estimate of drug-likeness (QED) is 0.729. The van der Waals surface area contributed by atoms with Gasteiger partial charge in [0.1, 0.15) is 0 Å². The van der Waals surface area contributed by atoms with Gasteiger partial charge in [0.25, 0.3) is 0 Å². The number of hydrogen-bond acceptors (Lipinski definition) is 1. The second kappa shape index (κ2) is 5.70. The summed E-state index contributed by atoms with van der Waals surface area (Å²) in [4.78, 5) is 3.26. The average Bonchev–Trinajstić information content (AvgIpc) is 2.83. The molecular weight excluding hydrogens is 268 g/mol. The van der Waals surface area contributed by atoms with Gasteiger partial charge in [-0.25, -0.2) is 0 Å². The zero-order valence-corrected chi connectivity index (χ0v) is 12.2. The van der Waals surface area contributed by atoms with Gasteiger partial charge in [-0.1, -0.05) is 41.9 Å². The molecule has 20 heavy (non-hydrogen) atoms. The van der Waals surface area contributed by atoms with E-state index in [0.717, 1.165) is 23.6 Å². The molecule has 0 amide bonds. The van der Waals surface area contributed by atoms with Gasteiger partial charge in [-0.05, 0) is 35.7 Å². The summed E-state index contributed by atoms with van der Waals surface area (Å²) >= 11 is 5.99. The number of aromatic nitrogens is 1. The molecule has 2 nitrogen and oxygen atoms in total. The molecule has 2 aromatic carbocycles. The van der Waals surface area contributed by atoms with Crippen LogP contribution in [-0.4, -0.2) is 4.98 Å². The molecule has 0 aliphatic carbocycles. The number of H-pyrrole nitrogens is 1. The lowest BCUT2D eigenvalue weighted by Gasteiger charge is -2.07. The molecule has 0 saturated carbocycles. The monoisotopic (exact) mass is 284 g/mol. The van der Waals surface area contributed by atoms with Crippen molar-refractivity contribution in [3.05, 3.63) is 70.4 Å². The maximum atomic E-state index is 5.99. The first-order valence-corrected chi connectivity index (χ1v) is 7.12. The first kappa shape index (κ1) is 13.2. The van der Waals surface area contributed by atoms with Gasteiger partial charge in [-0.3, -0.25) is 0 Å². The van der Waals surface area contributed by atoms with Gasteiger partial charge in [0.05, 0.1) is 0 Å². The van der Waals surface area contributed by atoms with Crippen LogP contribution in [0.3, 0.4) is 0 Å². The molecule has 0 spiro atoms. The summed E-state index contributed by atoms with van der Waals surface area (Å²) < 4.78 is 0. The molecule has 3 heteroatoms. The van der Waals surface area contributed by atoms with Crippen LogP contribution in [0, 0.1) is 6.92 Å². The Morgan fingerprint density at radius 1 is 1.05 bits per heavy atom. The van der Waals surface area contributed by atoms with E-state index in [1.54, 1.807) is 0 Å². The predicted molar refractivity (Wildman–Crippen MR) is 85.0 cm³/mol. The van der Waals surface area contributed by atoms with Gasteiger partial charge in [0, 0.05) is 35.2 Å². The van der Waals surface area contributed by atoms with Crippen molar-refractivity contribution in [2.45, 2.75) is 20.0 Å². The number of rotatable bonds is 4.